The van der Waals surface area contributed by atoms with E-state index in [-0.39, 0.29) is 10.5 Å². The monoisotopic (exact) mass is 450 g/mol. The average Bonchev–Trinajstić information content (AvgIpc) is 3.24. The largest absolute Gasteiger partial charge is 0.496 e. The van der Waals surface area contributed by atoms with Crippen LogP contribution in [0.4, 0.5) is 0 Å². The van der Waals surface area contributed by atoms with Crippen molar-refractivity contribution in [3.63, 3.8) is 0 Å². The molecule has 2 aromatic heterocycles. The minimum Gasteiger partial charge on any atom is -0.496 e. The predicted molar refractivity (Wildman–Crippen MR) is 121 cm³/mol. The number of rotatable bonds is 6. The molecule has 0 fully saturated rings. The van der Waals surface area contributed by atoms with Gasteiger partial charge in [-0.1, -0.05) is 6.07 Å². The van der Waals surface area contributed by atoms with Gasteiger partial charge in [-0.15, -0.1) is 0 Å². The highest BCUT2D eigenvalue weighted by Crippen LogP contribution is 2.31. The van der Waals surface area contributed by atoms with Crippen molar-refractivity contribution >= 4 is 10.0 Å². The molecule has 0 atom stereocenters. The molecule has 164 valence electrons. The molecule has 0 amide bonds. The van der Waals surface area contributed by atoms with E-state index in [1.54, 1.807) is 30.1 Å². The number of methoxy groups -OCH3 is 1. The van der Waals surface area contributed by atoms with Gasteiger partial charge in [-0.05, 0) is 72.6 Å². The maximum atomic E-state index is 11.9. The van der Waals surface area contributed by atoms with Gasteiger partial charge in [0.1, 0.15) is 11.4 Å². The maximum Gasteiger partial charge on any atom is 0.238 e. The standard InChI is InChI=1S/C23H22N4O4S/c1-15-11-16(6-8-22(15)31-2)21-13-20(19-5-3-4-10-25-19)26-27(21)18-7-9-23(32(24,29)30)17(12-18)14-28/h3-13,28H,14H2,1-2H3,(H2,24,29,30). The van der Waals surface area contributed by atoms with Crippen molar-refractivity contribution in [2.75, 3.05) is 7.11 Å². The smallest absolute Gasteiger partial charge is 0.238 e. The van der Waals surface area contributed by atoms with Crippen molar-refractivity contribution in [3.8, 4) is 34.1 Å². The highest BCUT2D eigenvalue weighted by Gasteiger charge is 2.18. The number of aryl methyl sites for hydroxylation is 1. The van der Waals surface area contributed by atoms with Gasteiger partial charge in [0, 0.05) is 11.8 Å². The third kappa shape index (κ3) is 4.13. The number of benzene rings is 2. The third-order valence-electron chi connectivity index (χ3n) is 5.09. The van der Waals surface area contributed by atoms with Crippen LogP contribution in [-0.2, 0) is 16.6 Å². The number of hydrogen-bond acceptors (Lipinski definition) is 6. The van der Waals surface area contributed by atoms with Gasteiger partial charge < -0.3 is 9.84 Å². The second-order valence-electron chi connectivity index (χ2n) is 7.22. The molecule has 0 radical (unpaired) electrons. The molecular weight excluding hydrogens is 428 g/mol. The van der Waals surface area contributed by atoms with Gasteiger partial charge in [-0.25, -0.2) is 18.2 Å². The van der Waals surface area contributed by atoms with Crippen molar-refractivity contribution in [2.45, 2.75) is 18.4 Å². The second kappa shape index (κ2) is 8.54. The van der Waals surface area contributed by atoms with Gasteiger partial charge in [0.05, 0.1) is 35.7 Å². The summed E-state index contributed by atoms with van der Waals surface area (Å²) in [6.07, 6.45) is 1.69. The van der Waals surface area contributed by atoms with Crippen LogP contribution in [0.5, 0.6) is 5.75 Å². The van der Waals surface area contributed by atoms with E-state index < -0.39 is 16.6 Å². The number of aliphatic hydroxyl groups excluding tert-OH is 1. The lowest BCUT2D eigenvalue weighted by molar-refractivity contribution is 0.278. The molecule has 0 bridgehead atoms. The fourth-order valence-electron chi connectivity index (χ4n) is 3.56. The van der Waals surface area contributed by atoms with Crippen molar-refractivity contribution in [1.82, 2.24) is 14.8 Å². The van der Waals surface area contributed by atoms with Gasteiger partial charge in [0.15, 0.2) is 0 Å². The number of primary sulfonamides is 1. The van der Waals surface area contributed by atoms with E-state index in [9.17, 15) is 13.5 Å². The molecular formula is C23H22N4O4S. The lowest BCUT2D eigenvalue weighted by Gasteiger charge is -2.12. The zero-order valence-corrected chi connectivity index (χ0v) is 18.4. The molecule has 2 aromatic carbocycles. The molecule has 0 aliphatic rings. The lowest BCUT2D eigenvalue weighted by atomic mass is 10.1. The Hall–Kier alpha value is -3.53. The van der Waals surface area contributed by atoms with Crippen LogP contribution >= 0.6 is 0 Å². The lowest BCUT2D eigenvalue weighted by Crippen LogP contribution is -2.15. The van der Waals surface area contributed by atoms with Crippen LogP contribution in [0.15, 0.2) is 71.8 Å². The van der Waals surface area contributed by atoms with Crippen molar-refractivity contribution < 1.29 is 18.3 Å². The number of aliphatic hydroxyl groups is 1. The number of nitrogens with zero attached hydrogens (tertiary/aromatic N) is 3. The summed E-state index contributed by atoms with van der Waals surface area (Å²) < 4.78 is 30.8. The van der Waals surface area contributed by atoms with Crippen molar-refractivity contribution in [1.29, 1.82) is 0 Å². The summed E-state index contributed by atoms with van der Waals surface area (Å²) in [6.45, 7) is 1.47. The maximum absolute atomic E-state index is 11.9. The van der Waals surface area contributed by atoms with Crippen LogP contribution in [0.3, 0.4) is 0 Å². The van der Waals surface area contributed by atoms with E-state index in [0.29, 0.717) is 17.1 Å². The van der Waals surface area contributed by atoms with E-state index in [0.717, 1.165) is 22.6 Å². The zero-order valence-electron chi connectivity index (χ0n) is 17.6. The Balaban J connectivity index is 1.93. The second-order valence-corrected chi connectivity index (χ2v) is 8.75. The number of hydrogen-bond donors (Lipinski definition) is 2. The van der Waals surface area contributed by atoms with Crippen molar-refractivity contribution in [2.24, 2.45) is 5.14 Å². The summed E-state index contributed by atoms with van der Waals surface area (Å²) in [5.74, 6) is 0.768. The molecule has 0 saturated carbocycles. The van der Waals surface area contributed by atoms with E-state index in [4.69, 9.17) is 15.0 Å². The fourth-order valence-corrected chi connectivity index (χ4v) is 4.31. The Morgan fingerprint density at radius 3 is 2.50 bits per heavy atom. The Kier molecular flexibility index (Phi) is 5.79. The summed E-state index contributed by atoms with van der Waals surface area (Å²) in [5.41, 5.74) is 4.72. The molecule has 2 heterocycles. The summed E-state index contributed by atoms with van der Waals surface area (Å²) in [7, 11) is -2.35. The number of sulfonamides is 1. The summed E-state index contributed by atoms with van der Waals surface area (Å²) >= 11 is 0. The Bertz CT molecular complexity index is 1380. The van der Waals surface area contributed by atoms with Gasteiger partial charge >= 0.3 is 0 Å². The Morgan fingerprint density at radius 1 is 1.06 bits per heavy atom. The Labute approximate surface area is 186 Å². The molecule has 4 rings (SSSR count). The SMILES string of the molecule is COc1ccc(-c2cc(-c3ccccn3)nn2-c2ccc(S(N)(=O)=O)c(CO)c2)cc1C. The molecule has 0 aliphatic carbocycles. The highest BCUT2D eigenvalue weighted by molar-refractivity contribution is 7.89. The molecule has 8 nitrogen and oxygen atoms in total. The fraction of sp³-hybridized carbons (Fsp3) is 0.130. The molecule has 3 N–H and O–H groups in total. The van der Waals surface area contributed by atoms with E-state index in [1.807, 2.05) is 49.4 Å². The first kappa shape index (κ1) is 21.7. The van der Waals surface area contributed by atoms with Crippen LogP contribution in [0.2, 0.25) is 0 Å². The minimum atomic E-state index is -3.97. The highest BCUT2D eigenvalue weighted by atomic mass is 32.2. The number of pyridine rings is 1. The van der Waals surface area contributed by atoms with Crippen LogP contribution in [0.25, 0.3) is 28.3 Å². The Morgan fingerprint density at radius 2 is 1.88 bits per heavy atom. The van der Waals surface area contributed by atoms with E-state index in [1.165, 1.54) is 6.07 Å². The van der Waals surface area contributed by atoms with Gasteiger partial charge in [0.25, 0.3) is 0 Å². The van der Waals surface area contributed by atoms with E-state index in [2.05, 4.69) is 4.98 Å². The number of aromatic nitrogens is 3. The summed E-state index contributed by atoms with van der Waals surface area (Å²) in [5, 5.41) is 19.8. The summed E-state index contributed by atoms with van der Waals surface area (Å²) in [6, 6.07) is 17.8. The summed E-state index contributed by atoms with van der Waals surface area (Å²) in [4.78, 5) is 4.26. The predicted octanol–water partition coefficient (Wildman–Crippen LogP) is 3.06. The average molecular weight is 451 g/mol. The first-order chi connectivity index (χ1) is 15.3. The van der Waals surface area contributed by atoms with Crippen LogP contribution in [0.1, 0.15) is 11.1 Å². The third-order valence-corrected chi connectivity index (χ3v) is 6.10. The zero-order chi connectivity index (χ0) is 22.9. The molecule has 0 aliphatic heterocycles. The molecule has 0 saturated heterocycles. The van der Waals surface area contributed by atoms with Crippen LogP contribution in [-0.4, -0.2) is 35.4 Å². The minimum absolute atomic E-state index is 0.123. The molecule has 32 heavy (non-hydrogen) atoms. The van der Waals surface area contributed by atoms with E-state index >= 15 is 0 Å². The quantitative estimate of drug-likeness (QED) is 0.466. The van der Waals surface area contributed by atoms with Crippen LogP contribution < -0.4 is 9.88 Å². The molecule has 4 aromatic rings. The topological polar surface area (TPSA) is 120 Å². The molecule has 9 heteroatoms. The van der Waals surface area contributed by atoms with Gasteiger partial charge in [-0.2, -0.15) is 5.10 Å². The molecule has 0 unspecified atom stereocenters. The van der Waals surface area contributed by atoms with Crippen LogP contribution in [0, 0.1) is 6.92 Å². The normalized spacial score (nSPS) is 11.5. The van der Waals surface area contributed by atoms with Crippen molar-refractivity contribution in [3.05, 3.63) is 78.0 Å². The van der Waals surface area contributed by atoms with Gasteiger partial charge in [0.2, 0.25) is 10.0 Å². The number of ether oxygens (including phenoxy) is 1. The first-order valence-corrected chi connectivity index (χ1v) is 11.3. The number of nitrogens with two attached hydrogens (primary N) is 1. The first-order valence-electron chi connectivity index (χ1n) is 9.75. The van der Waals surface area contributed by atoms with Gasteiger partial charge in [-0.3, -0.25) is 4.98 Å². The molecule has 0 spiro atoms.